The highest BCUT2D eigenvalue weighted by molar-refractivity contribution is 8.22. The van der Waals surface area contributed by atoms with Gasteiger partial charge in [0.2, 0.25) is 5.76 Å². The minimum Gasteiger partial charge on any atom is -0.490 e. The van der Waals surface area contributed by atoms with E-state index in [9.17, 15) is 4.79 Å². The van der Waals surface area contributed by atoms with Gasteiger partial charge in [-0.2, -0.15) is 0 Å². The third kappa shape index (κ3) is 2.10. The molecule has 0 radical (unpaired) electrons. The van der Waals surface area contributed by atoms with Crippen LogP contribution in [0.4, 0.5) is 0 Å². The van der Waals surface area contributed by atoms with E-state index in [1.54, 1.807) is 23.5 Å². The van der Waals surface area contributed by atoms with Gasteiger partial charge in [0.1, 0.15) is 0 Å². The number of hydrogen-bond acceptors (Lipinski definition) is 4. The van der Waals surface area contributed by atoms with Crippen LogP contribution in [0, 0.1) is 0 Å². The van der Waals surface area contributed by atoms with Gasteiger partial charge in [0, 0.05) is 12.3 Å². The maximum Gasteiger partial charge on any atom is 0.288 e. The van der Waals surface area contributed by atoms with Gasteiger partial charge in [0.25, 0.3) is 5.91 Å². The average Bonchev–Trinajstić information content (AvgIpc) is 2.26. The van der Waals surface area contributed by atoms with Crippen molar-refractivity contribution in [2.75, 3.05) is 25.7 Å². The first-order valence-electron chi connectivity index (χ1n) is 3.53. The molecule has 3 nitrogen and oxygen atoms in total. The molecule has 0 saturated carbocycles. The second-order valence-corrected chi connectivity index (χ2v) is 4.31. The highest BCUT2D eigenvalue weighted by Gasteiger charge is 2.18. The second-order valence-electron chi connectivity index (χ2n) is 2.13. The van der Waals surface area contributed by atoms with Crippen LogP contribution >= 0.6 is 23.5 Å². The fourth-order valence-electron chi connectivity index (χ4n) is 0.874. The monoisotopic (exact) mass is 205 g/mol. The maximum atomic E-state index is 11.3. The smallest absolute Gasteiger partial charge is 0.288 e. The van der Waals surface area contributed by atoms with Gasteiger partial charge in [0.15, 0.2) is 0 Å². The van der Waals surface area contributed by atoms with E-state index in [0.717, 1.165) is 9.99 Å². The molecule has 1 aliphatic rings. The van der Waals surface area contributed by atoms with Crippen LogP contribution in [0.3, 0.4) is 0 Å². The predicted molar refractivity (Wildman–Crippen MR) is 53.0 cm³/mol. The third-order valence-corrected chi connectivity index (χ3v) is 3.67. The van der Waals surface area contributed by atoms with E-state index in [0.29, 0.717) is 12.3 Å². The van der Waals surface area contributed by atoms with Crippen LogP contribution in [0.25, 0.3) is 0 Å². The first-order chi connectivity index (χ1) is 5.79. The number of ether oxygens (including phenoxy) is 1. The Kier molecular flexibility index (Phi) is 3.81. The van der Waals surface area contributed by atoms with E-state index in [1.165, 1.54) is 7.11 Å². The third-order valence-electron chi connectivity index (χ3n) is 1.40. The van der Waals surface area contributed by atoms with Gasteiger partial charge in [-0.3, -0.25) is 4.79 Å². The maximum absolute atomic E-state index is 11.3. The minimum atomic E-state index is -0.105. The number of rotatable bonds is 2. The quantitative estimate of drug-likeness (QED) is 0.730. The van der Waals surface area contributed by atoms with E-state index >= 15 is 0 Å². The molecule has 0 aliphatic carbocycles. The van der Waals surface area contributed by atoms with Gasteiger partial charge in [-0.1, -0.05) is 0 Å². The Bertz CT molecular complexity index is 215. The lowest BCUT2D eigenvalue weighted by Gasteiger charge is -2.05. The topological polar surface area (TPSA) is 38.3 Å². The van der Waals surface area contributed by atoms with Crippen LogP contribution in [0.15, 0.2) is 10.00 Å². The van der Waals surface area contributed by atoms with Crippen LogP contribution in [0.5, 0.6) is 0 Å². The summed E-state index contributed by atoms with van der Waals surface area (Å²) < 4.78 is 5.98. The number of nitrogens with one attached hydrogen (secondary N) is 1. The normalized spacial score (nSPS) is 18.7. The summed E-state index contributed by atoms with van der Waals surface area (Å²) in [5, 5.41) is 2.75. The van der Waals surface area contributed by atoms with Gasteiger partial charge >= 0.3 is 0 Å². The summed E-state index contributed by atoms with van der Waals surface area (Å²) in [7, 11) is 1.52. The van der Waals surface area contributed by atoms with Crippen LogP contribution in [-0.2, 0) is 9.53 Å². The molecule has 1 N–H and O–H groups in total. The molecule has 1 aliphatic heterocycles. The number of methoxy groups -OCH3 is 1. The molecule has 1 amide bonds. The van der Waals surface area contributed by atoms with Crippen molar-refractivity contribution in [2.24, 2.45) is 0 Å². The lowest BCUT2D eigenvalue weighted by molar-refractivity contribution is -0.120. The summed E-state index contributed by atoms with van der Waals surface area (Å²) in [6.45, 7) is 0.709. The Morgan fingerprint density at radius 2 is 2.42 bits per heavy atom. The molecule has 0 unspecified atom stereocenters. The zero-order chi connectivity index (χ0) is 8.97. The molecule has 0 saturated heterocycles. The highest BCUT2D eigenvalue weighted by Crippen LogP contribution is 2.31. The van der Waals surface area contributed by atoms with Gasteiger partial charge < -0.3 is 10.1 Å². The first kappa shape index (κ1) is 9.80. The molecule has 0 fully saturated rings. The van der Waals surface area contributed by atoms with E-state index in [2.05, 4.69) is 5.32 Å². The lowest BCUT2D eigenvalue weighted by Crippen LogP contribution is -2.26. The van der Waals surface area contributed by atoms with Crippen molar-refractivity contribution in [1.29, 1.82) is 0 Å². The molecule has 0 atom stereocenters. The molecule has 0 bridgehead atoms. The zero-order valence-electron chi connectivity index (χ0n) is 7.05. The summed E-state index contributed by atoms with van der Waals surface area (Å²) in [5.74, 6) is 1.26. The Balaban J connectivity index is 2.86. The first-order valence-corrected chi connectivity index (χ1v) is 5.74. The molecule has 0 aromatic heterocycles. The molecule has 0 aromatic rings. The predicted octanol–water partition coefficient (Wildman–Crippen LogP) is 1.03. The molecule has 12 heavy (non-hydrogen) atoms. The largest absolute Gasteiger partial charge is 0.490 e. The Morgan fingerprint density at radius 1 is 1.67 bits per heavy atom. The standard InChI is InChI=1S/C7H11NO2S2/c1-10-5-6(9)8-3-4-12-7(5)11-2/h3-4H2,1-2H3,(H,8,9). The fraction of sp³-hybridized carbons (Fsp3) is 0.571. The van der Waals surface area contributed by atoms with Crippen LogP contribution < -0.4 is 5.32 Å². The fourth-order valence-corrected chi connectivity index (χ4v) is 2.65. The summed E-state index contributed by atoms with van der Waals surface area (Å²) >= 11 is 3.21. The molecule has 0 aromatic carbocycles. The van der Waals surface area contributed by atoms with E-state index < -0.39 is 0 Å². The summed E-state index contributed by atoms with van der Waals surface area (Å²) in [4.78, 5) is 11.3. The van der Waals surface area contributed by atoms with Crippen molar-refractivity contribution < 1.29 is 9.53 Å². The van der Waals surface area contributed by atoms with Gasteiger partial charge in [-0.25, -0.2) is 0 Å². The van der Waals surface area contributed by atoms with Crippen LogP contribution in [0.2, 0.25) is 0 Å². The Morgan fingerprint density at radius 3 is 3.00 bits per heavy atom. The van der Waals surface area contributed by atoms with Crippen molar-refractivity contribution in [3.8, 4) is 0 Å². The molecular weight excluding hydrogens is 194 g/mol. The summed E-state index contributed by atoms with van der Waals surface area (Å²) in [5.41, 5.74) is 0. The Hall–Kier alpha value is -0.290. The summed E-state index contributed by atoms with van der Waals surface area (Å²) in [6, 6.07) is 0. The SMILES string of the molecule is COC1=C(SC)SCCNC1=O. The number of carbonyl (C=O) groups excluding carboxylic acids is 1. The number of amides is 1. The van der Waals surface area contributed by atoms with Gasteiger partial charge in [-0.05, 0) is 6.26 Å². The lowest BCUT2D eigenvalue weighted by atomic mass is 10.5. The van der Waals surface area contributed by atoms with Crippen LogP contribution in [-0.4, -0.2) is 31.6 Å². The Labute approximate surface area is 80.3 Å². The van der Waals surface area contributed by atoms with Gasteiger partial charge in [0.05, 0.1) is 11.3 Å². The molecule has 1 rings (SSSR count). The molecule has 0 spiro atoms. The zero-order valence-corrected chi connectivity index (χ0v) is 8.68. The van der Waals surface area contributed by atoms with E-state index in [-0.39, 0.29) is 5.91 Å². The van der Waals surface area contributed by atoms with Crippen molar-refractivity contribution in [3.63, 3.8) is 0 Å². The van der Waals surface area contributed by atoms with Crippen molar-refractivity contribution in [3.05, 3.63) is 10.00 Å². The average molecular weight is 205 g/mol. The van der Waals surface area contributed by atoms with E-state index in [4.69, 9.17) is 4.74 Å². The molecular formula is C7H11NO2S2. The number of thioether (sulfide) groups is 2. The summed E-state index contributed by atoms with van der Waals surface area (Å²) in [6.07, 6.45) is 1.94. The van der Waals surface area contributed by atoms with Crippen molar-refractivity contribution in [1.82, 2.24) is 5.32 Å². The van der Waals surface area contributed by atoms with Crippen molar-refractivity contribution >= 4 is 29.4 Å². The van der Waals surface area contributed by atoms with Crippen LogP contribution in [0.1, 0.15) is 0 Å². The number of carbonyl (C=O) groups is 1. The van der Waals surface area contributed by atoms with E-state index in [1.807, 2.05) is 6.26 Å². The highest BCUT2D eigenvalue weighted by atomic mass is 32.2. The van der Waals surface area contributed by atoms with Crippen molar-refractivity contribution in [2.45, 2.75) is 0 Å². The number of hydrogen-bond donors (Lipinski definition) is 1. The minimum absolute atomic E-state index is 0.105. The molecule has 5 heteroatoms. The second kappa shape index (κ2) is 4.67. The van der Waals surface area contributed by atoms with Gasteiger partial charge in [-0.15, -0.1) is 23.5 Å². The molecule has 1 heterocycles. The molecule has 68 valence electrons.